The maximum Gasteiger partial charge on any atom is 0.120 e. The molecule has 0 aliphatic rings. The molecular weight excluding hydrogens is 244 g/mol. The van der Waals surface area contributed by atoms with E-state index in [2.05, 4.69) is 5.32 Å². The lowest BCUT2D eigenvalue weighted by Gasteiger charge is -2.13. The largest absolute Gasteiger partial charge is 0.491 e. The number of rotatable bonds is 8. The van der Waals surface area contributed by atoms with Gasteiger partial charge in [0.25, 0.3) is 0 Å². The van der Waals surface area contributed by atoms with Crippen molar-refractivity contribution < 1.29 is 14.9 Å². The van der Waals surface area contributed by atoms with Crippen molar-refractivity contribution in [3.63, 3.8) is 0 Å². The first kappa shape index (κ1) is 15.4. The van der Waals surface area contributed by atoms with E-state index in [4.69, 9.17) is 15.1 Å². The number of aliphatic hydroxyl groups excluding tert-OH is 2. The summed E-state index contributed by atoms with van der Waals surface area (Å²) in [5.74, 6) is 0.571. The van der Waals surface area contributed by atoms with Gasteiger partial charge >= 0.3 is 0 Å². The van der Waals surface area contributed by atoms with Crippen molar-refractivity contribution in [2.24, 2.45) is 0 Å². The summed E-state index contributed by atoms with van der Waals surface area (Å²) in [7, 11) is 0. The summed E-state index contributed by atoms with van der Waals surface area (Å²) in [4.78, 5) is 0. The molecule has 1 aromatic rings. The van der Waals surface area contributed by atoms with E-state index in [1.807, 2.05) is 6.07 Å². The lowest BCUT2D eigenvalue weighted by atomic mass is 10.2. The van der Waals surface area contributed by atoms with Crippen molar-refractivity contribution in [2.45, 2.75) is 25.6 Å². The first-order valence-electron chi connectivity index (χ1n) is 6.31. The van der Waals surface area contributed by atoms with E-state index in [-0.39, 0.29) is 12.7 Å². The molecule has 1 rings (SSSR count). The Labute approximate surface area is 113 Å². The first-order chi connectivity index (χ1) is 9.11. The van der Waals surface area contributed by atoms with Crippen LogP contribution in [-0.2, 0) is 0 Å². The Morgan fingerprint density at radius 2 is 2.21 bits per heavy atom. The van der Waals surface area contributed by atoms with Gasteiger partial charge in [-0.2, -0.15) is 5.26 Å². The van der Waals surface area contributed by atoms with Crippen LogP contribution in [0.2, 0.25) is 0 Å². The Morgan fingerprint density at radius 1 is 1.42 bits per heavy atom. The van der Waals surface area contributed by atoms with Gasteiger partial charge < -0.3 is 20.3 Å². The van der Waals surface area contributed by atoms with Crippen LogP contribution < -0.4 is 10.1 Å². The van der Waals surface area contributed by atoms with Crippen LogP contribution >= 0.6 is 0 Å². The van der Waals surface area contributed by atoms with Gasteiger partial charge in [0.05, 0.1) is 17.7 Å². The fraction of sp³-hybridized carbons (Fsp3) is 0.500. The molecule has 0 amide bonds. The molecule has 0 spiro atoms. The Morgan fingerprint density at radius 3 is 2.89 bits per heavy atom. The maximum absolute atomic E-state index is 9.69. The van der Waals surface area contributed by atoms with E-state index in [1.165, 1.54) is 0 Å². The SMILES string of the molecule is CC(O)CCNCC(O)COc1cccc(C#N)c1. The quantitative estimate of drug-likeness (QED) is 0.601. The van der Waals surface area contributed by atoms with Crippen LogP contribution in [0.5, 0.6) is 5.75 Å². The highest BCUT2D eigenvalue weighted by molar-refractivity contribution is 5.36. The van der Waals surface area contributed by atoms with Gasteiger partial charge in [-0.1, -0.05) is 6.07 Å². The third kappa shape index (κ3) is 6.77. The number of nitrogens with one attached hydrogen (secondary N) is 1. The van der Waals surface area contributed by atoms with Gasteiger partial charge in [-0.3, -0.25) is 0 Å². The molecule has 0 aromatic heterocycles. The van der Waals surface area contributed by atoms with Crippen LogP contribution in [0, 0.1) is 11.3 Å². The molecule has 0 aliphatic heterocycles. The van der Waals surface area contributed by atoms with Gasteiger partial charge in [-0.15, -0.1) is 0 Å². The highest BCUT2D eigenvalue weighted by Gasteiger charge is 2.05. The second-order valence-corrected chi connectivity index (χ2v) is 4.45. The summed E-state index contributed by atoms with van der Waals surface area (Å²) in [6, 6.07) is 8.84. The molecule has 0 bridgehead atoms. The van der Waals surface area contributed by atoms with E-state index in [9.17, 15) is 5.11 Å². The molecule has 0 fully saturated rings. The van der Waals surface area contributed by atoms with Crippen molar-refractivity contribution in [2.75, 3.05) is 19.7 Å². The van der Waals surface area contributed by atoms with E-state index in [0.29, 0.717) is 30.8 Å². The molecule has 3 N–H and O–H groups in total. The van der Waals surface area contributed by atoms with Crippen LogP contribution in [0.1, 0.15) is 18.9 Å². The van der Waals surface area contributed by atoms with E-state index >= 15 is 0 Å². The Bertz CT molecular complexity index is 415. The molecule has 1 aromatic carbocycles. The second kappa shape index (κ2) is 8.48. The molecule has 104 valence electrons. The zero-order chi connectivity index (χ0) is 14.1. The average Bonchev–Trinajstić information content (AvgIpc) is 2.41. The highest BCUT2D eigenvalue weighted by atomic mass is 16.5. The summed E-state index contributed by atoms with van der Waals surface area (Å²) < 4.78 is 5.40. The predicted molar refractivity (Wildman–Crippen MR) is 71.8 cm³/mol. The molecular formula is C14H20N2O3. The predicted octanol–water partition coefficient (Wildman–Crippen LogP) is 0.658. The lowest BCUT2D eigenvalue weighted by Crippen LogP contribution is -2.32. The number of ether oxygens (including phenoxy) is 1. The minimum absolute atomic E-state index is 0.163. The zero-order valence-electron chi connectivity index (χ0n) is 11.0. The Hall–Kier alpha value is -1.61. The topological polar surface area (TPSA) is 85.5 Å². The van der Waals surface area contributed by atoms with Gasteiger partial charge in [0.2, 0.25) is 0 Å². The van der Waals surface area contributed by atoms with Gasteiger partial charge in [0, 0.05) is 6.54 Å². The monoisotopic (exact) mass is 264 g/mol. The fourth-order valence-corrected chi connectivity index (χ4v) is 1.49. The molecule has 2 atom stereocenters. The third-order valence-corrected chi connectivity index (χ3v) is 2.52. The van der Waals surface area contributed by atoms with Crippen LogP contribution in [0.25, 0.3) is 0 Å². The average molecular weight is 264 g/mol. The number of hydrogen-bond acceptors (Lipinski definition) is 5. The van der Waals surface area contributed by atoms with E-state index in [1.54, 1.807) is 31.2 Å². The smallest absolute Gasteiger partial charge is 0.120 e. The molecule has 5 heteroatoms. The number of nitrogens with zero attached hydrogens (tertiary/aromatic N) is 1. The van der Waals surface area contributed by atoms with Crippen molar-refractivity contribution in [1.82, 2.24) is 5.32 Å². The van der Waals surface area contributed by atoms with Crippen LogP contribution in [0.3, 0.4) is 0 Å². The van der Waals surface area contributed by atoms with Crippen LogP contribution in [0.4, 0.5) is 0 Å². The Kier molecular flexibility index (Phi) is 6.90. The minimum Gasteiger partial charge on any atom is -0.491 e. The summed E-state index contributed by atoms with van der Waals surface area (Å²) in [5, 5.41) is 30.5. The van der Waals surface area contributed by atoms with Gasteiger partial charge in [0.1, 0.15) is 18.5 Å². The van der Waals surface area contributed by atoms with Crippen LogP contribution in [0.15, 0.2) is 24.3 Å². The number of hydrogen-bond donors (Lipinski definition) is 3. The third-order valence-electron chi connectivity index (χ3n) is 2.52. The molecule has 5 nitrogen and oxygen atoms in total. The van der Waals surface area contributed by atoms with Gasteiger partial charge in [-0.05, 0) is 38.1 Å². The Balaban J connectivity index is 2.22. The maximum atomic E-state index is 9.69. The fourth-order valence-electron chi connectivity index (χ4n) is 1.49. The second-order valence-electron chi connectivity index (χ2n) is 4.45. The standard InChI is InChI=1S/C14H20N2O3/c1-11(17)5-6-16-9-13(18)10-19-14-4-2-3-12(7-14)8-15/h2-4,7,11,13,16-18H,5-6,9-10H2,1H3. The molecule has 19 heavy (non-hydrogen) atoms. The number of nitriles is 1. The van der Waals surface area contributed by atoms with Crippen LogP contribution in [-0.4, -0.2) is 42.1 Å². The van der Waals surface area contributed by atoms with E-state index < -0.39 is 6.10 Å². The van der Waals surface area contributed by atoms with Crippen molar-refractivity contribution >= 4 is 0 Å². The number of benzene rings is 1. The van der Waals surface area contributed by atoms with Crippen molar-refractivity contribution in [1.29, 1.82) is 5.26 Å². The molecule has 0 heterocycles. The zero-order valence-corrected chi connectivity index (χ0v) is 11.0. The van der Waals surface area contributed by atoms with Crippen molar-refractivity contribution in [3.05, 3.63) is 29.8 Å². The van der Waals surface area contributed by atoms with Gasteiger partial charge in [-0.25, -0.2) is 0 Å². The number of aliphatic hydroxyl groups is 2. The highest BCUT2D eigenvalue weighted by Crippen LogP contribution is 2.12. The first-order valence-corrected chi connectivity index (χ1v) is 6.31. The lowest BCUT2D eigenvalue weighted by molar-refractivity contribution is 0.104. The molecule has 0 aliphatic carbocycles. The molecule has 0 saturated heterocycles. The van der Waals surface area contributed by atoms with E-state index in [0.717, 1.165) is 0 Å². The molecule has 0 saturated carbocycles. The molecule has 2 unspecified atom stereocenters. The molecule has 0 radical (unpaired) electrons. The summed E-state index contributed by atoms with van der Waals surface area (Å²) in [6.07, 6.45) is -0.313. The minimum atomic E-state index is -0.625. The normalized spacial score (nSPS) is 13.6. The summed E-state index contributed by atoms with van der Waals surface area (Å²) in [6.45, 7) is 2.95. The summed E-state index contributed by atoms with van der Waals surface area (Å²) in [5.41, 5.74) is 0.530. The van der Waals surface area contributed by atoms with Crippen molar-refractivity contribution in [3.8, 4) is 11.8 Å². The summed E-state index contributed by atoms with van der Waals surface area (Å²) >= 11 is 0. The van der Waals surface area contributed by atoms with Gasteiger partial charge in [0.15, 0.2) is 0 Å².